The van der Waals surface area contributed by atoms with Crippen molar-refractivity contribution in [1.82, 2.24) is 19.0 Å². The summed E-state index contributed by atoms with van der Waals surface area (Å²) >= 11 is 0. The van der Waals surface area contributed by atoms with Crippen LogP contribution in [0.4, 0.5) is 5.82 Å². The van der Waals surface area contributed by atoms with Gasteiger partial charge in [-0.3, -0.25) is 14.5 Å². The van der Waals surface area contributed by atoms with Crippen LogP contribution in [0.1, 0.15) is 49.0 Å². The molecule has 2 aromatic rings. The third kappa shape index (κ3) is 4.92. The highest BCUT2D eigenvalue weighted by molar-refractivity contribution is 7.89. The molecule has 0 bridgehead atoms. The summed E-state index contributed by atoms with van der Waals surface area (Å²) in [7, 11) is -3.63. The molecule has 0 spiro atoms. The van der Waals surface area contributed by atoms with E-state index in [9.17, 15) is 18.0 Å². The number of anilines is 1. The molecule has 0 radical (unpaired) electrons. The van der Waals surface area contributed by atoms with Gasteiger partial charge in [-0.25, -0.2) is 13.1 Å². The zero-order valence-electron chi connectivity index (χ0n) is 18.2. The second-order valence-corrected chi connectivity index (χ2v) is 10.3. The third-order valence-corrected chi connectivity index (χ3v) is 8.12. The molecule has 4 rings (SSSR count). The van der Waals surface area contributed by atoms with E-state index in [1.165, 1.54) is 48.3 Å². The first-order valence-electron chi connectivity index (χ1n) is 11.0. The molecular weight excluding hydrogens is 430 g/mol. The molecule has 10 heteroatoms. The number of hydrogen-bond donors (Lipinski definition) is 1. The van der Waals surface area contributed by atoms with Gasteiger partial charge in [0.1, 0.15) is 5.82 Å². The van der Waals surface area contributed by atoms with Crippen LogP contribution in [-0.2, 0) is 14.8 Å². The quantitative estimate of drug-likeness (QED) is 0.636. The predicted octanol–water partition coefficient (Wildman–Crippen LogP) is 2.15. The normalized spacial score (nSPS) is 18.7. The number of benzene rings is 1. The van der Waals surface area contributed by atoms with E-state index in [-0.39, 0.29) is 23.1 Å². The summed E-state index contributed by atoms with van der Waals surface area (Å²) in [6.45, 7) is 3.22. The van der Waals surface area contributed by atoms with E-state index >= 15 is 0 Å². The lowest BCUT2D eigenvalue weighted by molar-refractivity contribution is -0.117. The molecule has 1 N–H and O–H groups in total. The lowest BCUT2D eigenvalue weighted by Crippen LogP contribution is -2.50. The molecule has 1 saturated heterocycles. The van der Waals surface area contributed by atoms with Crippen LogP contribution in [0.2, 0.25) is 0 Å². The molecule has 172 valence electrons. The van der Waals surface area contributed by atoms with Crippen LogP contribution in [0.25, 0.3) is 0 Å². The molecule has 2 heterocycles. The Kier molecular flexibility index (Phi) is 6.73. The molecule has 1 aromatic heterocycles. The Balaban J connectivity index is 1.30. The van der Waals surface area contributed by atoms with Gasteiger partial charge < -0.3 is 5.32 Å². The minimum Gasteiger partial charge on any atom is -0.310 e. The summed E-state index contributed by atoms with van der Waals surface area (Å²) in [6, 6.07) is 8.17. The van der Waals surface area contributed by atoms with Gasteiger partial charge in [-0.2, -0.15) is 9.40 Å². The predicted molar refractivity (Wildman–Crippen MR) is 120 cm³/mol. The third-order valence-electron chi connectivity index (χ3n) is 6.21. The maximum absolute atomic E-state index is 12.9. The Bertz CT molecular complexity index is 1070. The van der Waals surface area contributed by atoms with Crippen molar-refractivity contribution >= 4 is 27.5 Å². The Hall–Kier alpha value is -2.56. The summed E-state index contributed by atoms with van der Waals surface area (Å²) in [4.78, 5) is 26.1. The van der Waals surface area contributed by atoms with Gasteiger partial charge in [0.25, 0.3) is 0 Å². The zero-order chi connectivity index (χ0) is 22.7. The summed E-state index contributed by atoms with van der Waals surface area (Å²) in [5.74, 6) is 0.491. The number of sulfonamides is 1. The minimum atomic E-state index is -3.63. The standard InChI is InChI=1S/C22H29N5O4S/c1-17(28)18-6-8-20(9-7-18)32(30,31)26-14-12-25(13-15-26)16-22(29)24-21-10-11-23-27(21)19-4-2-3-5-19/h6-11,19H,2-5,12-16H2,1H3,(H,24,29). The summed E-state index contributed by atoms with van der Waals surface area (Å²) < 4.78 is 29.2. The van der Waals surface area contributed by atoms with E-state index in [4.69, 9.17) is 0 Å². The van der Waals surface area contributed by atoms with E-state index in [0.29, 0.717) is 37.8 Å². The fourth-order valence-corrected chi connectivity index (χ4v) is 5.80. The van der Waals surface area contributed by atoms with Crippen LogP contribution >= 0.6 is 0 Å². The van der Waals surface area contributed by atoms with E-state index < -0.39 is 10.0 Å². The Morgan fingerprint density at radius 3 is 2.31 bits per heavy atom. The maximum atomic E-state index is 12.9. The van der Waals surface area contributed by atoms with Crippen molar-refractivity contribution in [1.29, 1.82) is 0 Å². The first-order valence-corrected chi connectivity index (χ1v) is 12.5. The van der Waals surface area contributed by atoms with Crippen molar-refractivity contribution in [2.75, 3.05) is 38.0 Å². The summed E-state index contributed by atoms with van der Waals surface area (Å²) in [6.07, 6.45) is 6.25. The number of nitrogens with one attached hydrogen (secondary N) is 1. The fraction of sp³-hybridized carbons (Fsp3) is 0.500. The second-order valence-electron chi connectivity index (χ2n) is 8.41. The second kappa shape index (κ2) is 9.51. The molecule has 9 nitrogen and oxygen atoms in total. The van der Waals surface area contributed by atoms with E-state index in [2.05, 4.69) is 10.4 Å². The number of carbonyl (C=O) groups excluding carboxylic acids is 2. The number of piperazine rings is 1. The Morgan fingerprint density at radius 2 is 1.69 bits per heavy atom. The van der Waals surface area contributed by atoms with Gasteiger partial charge in [0, 0.05) is 37.8 Å². The molecule has 2 aliphatic rings. The van der Waals surface area contributed by atoms with Crippen LogP contribution in [0.15, 0.2) is 41.4 Å². The number of amides is 1. The molecule has 0 unspecified atom stereocenters. The number of aromatic nitrogens is 2. The van der Waals surface area contributed by atoms with Gasteiger partial charge in [0.15, 0.2) is 5.78 Å². The number of nitrogens with zero attached hydrogens (tertiary/aromatic N) is 4. The van der Waals surface area contributed by atoms with Crippen LogP contribution in [-0.4, -0.2) is 71.8 Å². The van der Waals surface area contributed by atoms with Gasteiger partial charge in [-0.1, -0.05) is 25.0 Å². The van der Waals surface area contributed by atoms with Gasteiger partial charge in [0.2, 0.25) is 15.9 Å². The van der Waals surface area contributed by atoms with Crippen LogP contribution < -0.4 is 5.32 Å². The number of carbonyl (C=O) groups is 2. The highest BCUT2D eigenvalue weighted by Crippen LogP contribution is 2.31. The number of ketones is 1. The minimum absolute atomic E-state index is 0.105. The first-order chi connectivity index (χ1) is 15.3. The molecule has 1 aliphatic heterocycles. The number of Topliss-reactive ketones (excluding diaryl/α,β-unsaturated/α-hetero) is 1. The molecule has 32 heavy (non-hydrogen) atoms. The van der Waals surface area contributed by atoms with Crippen LogP contribution in [0, 0.1) is 0 Å². The molecule has 0 atom stereocenters. The maximum Gasteiger partial charge on any atom is 0.243 e. The molecule has 1 saturated carbocycles. The van der Waals surface area contributed by atoms with Gasteiger partial charge >= 0.3 is 0 Å². The van der Waals surface area contributed by atoms with Gasteiger partial charge in [-0.05, 0) is 31.9 Å². The van der Waals surface area contributed by atoms with E-state index in [0.717, 1.165) is 18.7 Å². The van der Waals surface area contributed by atoms with Gasteiger partial charge in [0.05, 0.1) is 23.7 Å². The highest BCUT2D eigenvalue weighted by Gasteiger charge is 2.29. The van der Waals surface area contributed by atoms with Crippen molar-refractivity contribution < 1.29 is 18.0 Å². The van der Waals surface area contributed by atoms with Crippen molar-refractivity contribution in [3.63, 3.8) is 0 Å². The largest absolute Gasteiger partial charge is 0.310 e. The van der Waals surface area contributed by atoms with Crippen LogP contribution in [0.3, 0.4) is 0 Å². The lowest BCUT2D eigenvalue weighted by Gasteiger charge is -2.33. The van der Waals surface area contributed by atoms with Crippen molar-refractivity contribution in [2.24, 2.45) is 0 Å². The summed E-state index contributed by atoms with van der Waals surface area (Å²) in [5, 5.41) is 7.33. The number of rotatable bonds is 7. The van der Waals surface area contributed by atoms with Gasteiger partial charge in [-0.15, -0.1) is 0 Å². The average Bonchev–Trinajstić information content (AvgIpc) is 3.46. The van der Waals surface area contributed by atoms with Crippen LogP contribution in [0.5, 0.6) is 0 Å². The van der Waals surface area contributed by atoms with Crippen molar-refractivity contribution in [3.8, 4) is 0 Å². The number of hydrogen-bond acceptors (Lipinski definition) is 6. The first kappa shape index (κ1) is 22.6. The molecular formula is C22H29N5O4S. The highest BCUT2D eigenvalue weighted by atomic mass is 32.2. The monoisotopic (exact) mass is 459 g/mol. The zero-order valence-corrected chi connectivity index (χ0v) is 19.1. The van der Waals surface area contributed by atoms with E-state index in [1.807, 2.05) is 15.6 Å². The van der Waals surface area contributed by atoms with Crippen molar-refractivity contribution in [2.45, 2.75) is 43.5 Å². The van der Waals surface area contributed by atoms with Crippen molar-refractivity contribution in [3.05, 3.63) is 42.1 Å². The Morgan fingerprint density at radius 1 is 1.03 bits per heavy atom. The smallest absolute Gasteiger partial charge is 0.243 e. The summed E-state index contributed by atoms with van der Waals surface area (Å²) in [5.41, 5.74) is 0.481. The molecule has 1 aromatic carbocycles. The lowest BCUT2D eigenvalue weighted by atomic mass is 10.2. The molecule has 2 fully saturated rings. The molecule has 1 amide bonds. The molecule has 1 aliphatic carbocycles. The average molecular weight is 460 g/mol. The topological polar surface area (TPSA) is 105 Å². The van der Waals surface area contributed by atoms with E-state index in [1.54, 1.807) is 6.20 Å². The SMILES string of the molecule is CC(=O)c1ccc(S(=O)(=O)N2CCN(CC(=O)Nc3ccnn3C3CCCC3)CC2)cc1. The Labute approximate surface area is 188 Å². The fourth-order valence-electron chi connectivity index (χ4n) is 4.38.